The molecule has 2 N–H and O–H groups in total. The van der Waals surface area contributed by atoms with E-state index in [1.165, 1.54) is 25.3 Å². The second-order valence-corrected chi connectivity index (χ2v) is 3.77. The summed E-state index contributed by atoms with van der Waals surface area (Å²) in [6.07, 6.45) is 0. The van der Waals surface area contributed by atoms with Crippen molar-refractivity contribution in [2.24, 2.45) is 0 Å². The highest BCUT2D eigenvalue weighted by Crippen LogP contribution is 2.33. The average Bonchev–Trinajstić information content (AvgIpc) is 2.38. The summed E-state index contributed by atoms with van der Waals surface area (Å²) in [6.45, 7) is 0. The van der Waals surface area contributed by atoms with Crippen molar-refractivity contribution in [3.8, 4) is 17.2 Å². The van der Waals surface area contributed by atoms with Crippen molar-refractivity contribution < 1.29 is 14.4 Å². The molecule has 0 radical (unpaired) electrons. The van der Waals surface area contributed by atoms with Crippen LogP contribution in [0.2, 0.25) is 0 Å². The van der Waals surface area contributed by atoms with Gasteiger partial charge in [0.2, 0.25) is 0 Å². The largest absolute Gasteiger partial charge is 0.493 e. The van der Waals surface area contributed by atoms with E-state index >= 15 is 0 Å². The van der Waals surface area contributed by atoms with Crippen molar-refractivity contribution in [1.82, 2.24) is 0 Å². The fraction of sp³-hybridized carbons (Fsp3) is 0.0769. The molecular weight excluding hydrogens is 248 g/mol. The number of nitrogens with zero attached hydrogens (tertiary/aromatic N) is 1. The molecule has 0 amide bonds. The van der Waals surface area contributed by atoms with E-state index in [2.05, 4.69) is 0 Å². The molecule has 0 atom stereocenters. The van der Waals surface area contributed by atoms with Gasteiger partial charge in [-0.25, -0.2) is 0 Å². The molecular formula is C13H12N2O4. The predicted molar refractivity (Wildman–Crippen MR) is 70.6 cm³/mol. The lowest BCUT2D eigenvalue weighted by Gasteiger charge is -2.10. The highest BCUT2D eigenvalue weighted by molar-refractivity contribution is 5.55. The molecule has 0 saturated carbocycles. The van der Waals surface area contributed by atoms with Crippen molar-refractivity contribution in [2.75, 3.05) is 12.8 Å². The Bertz CT molecular complexity index is 613. The van der Waals surface area contributed by atoms with E-state index in [1.807, 2.05) is 0 Å². The number of ether oxygens (including phenoxy) is 2. The first-order valence-electron chi connectivity index (χ1n) is 5.46. The molecule has 0 fully saturated rings. The number of nitrogen functional groups attached to an aromatic ring is 1. The van der Waals surface area contributed by atoms with Gasteiger partial charge in [0.1, 0.15) is 5.75 Å². The third-order valence-corrected chi connectivity index (χ3v) is 2.42. The van der Waals surface area contributed by atoms with Gasteiger partial charge in [-0.15, -0.1) is 0 Å². The van der Waals surface area contributed by atoms with Gasteiger partial charge in [0.25, 0.3) is 5.69 Å². The molecule has 6 nitrogen and oxygen atoms in total. The van der Waals surface area contributed by atoms with Crippen LogP contribution in [0.3, 0.4) is 0 Å². The molecule has 0 aliphatic heterocycles. The molecule has 0 saturated heterocycles. The number of methoxy groups -OCH3 is 1. The average molecular weight is 260 g/mol. The summed E-state index contributed by atoms with van der Waals surface area (Å²) >= 11 is 0. The van der Waals surface area contributed by atoms with Gasteiger partial charge in [0, 0.05) is 17.8 Å². The van der Waals surface area contributed by atoms with E-state index in [-0.39, 0.29) is 17.1 Å². The summed E-state index contributed by atoms with van der Waals surface area (Å²) < 4.78 is 10.7. The topological polar surface area (TPSA) is 87.6 Å². The fourth-order valence-corrected chi connectivity index (χ4v) is 1.60. The maximum absolute atomic E-state index is 10.8. The number of nitro benzene ring substituents is 1. The minimum Gasteiger partial charge on any atom is -0.493 e. The summed E-state index contributed by atoms with van der Waals surface area (Å²) in [5, 5.41) is 10.8. The monoisotopic (exact) mass is 260 g/mol. The van der Waals surface area contributed by atoms with Gasteiger partial charge >= 0.3 is 0 Å². The number of non-ortho nitro benzene ring substituents is 1. The Kier molecular flexibility index (Phi) is 3.51. The minimum atomic E-state index is -0.522. The number of benzene rings is 2. The summed E-state index contributed by atoms with van der Waals surface area (Å²) in [6, 6.07) is 11.1. The molecule has 0 spiro atoms. The van der Waals surface area contributed by atoms with Gasteiger partial charge in [-0.1, -0.05) is 12.1 Å². The SMILES string of the molecule is COc1ccccc1Oc1cc(N)cc([N+](=O)[O-])c1. The van der Waals surface area contributed by atoms with E-state index in [9.17, 15) is 10.1 Å². The highest BCUT2D eigenvalue weighted by atomic mass is 16.6. The Hall–Kier alpha value is -2.76. The number of hydrogen-bond acceptors (Lipinski definition) is 5. The van der Waals surface area contributed by atoms with Crippen LogP contribution in [0, 0.1) is 10.1 Å². The van der Waals surface area contributed by atoms with E-state index in [0.29, 0.717) is 11.5 Å². The van der Waals surface area contributed by atoms with Crippen LogP contribution in [-0.4, -0.2) is 12.0 Å². The molecule has 0 unspecified atom stereocenters. The maximum atomic E-state index is 10.8. The molecule has 2 aromatic rings. The Morgan fingerprint density at radius 1 is 1.16 bits per heavy atom. The Labute approximate surface area is 109 Å². The van der Waals surface area contributed by atoms with E-state index in [0.717, 1.165) is 0 Å². The molecule has 0 aromatic heterocycles. The second kappa shape index (κ2) is 5.26. The van der Waals surface area contributed by atoms with Gasteiger partial charge in [0.05, 0.1) is 18.1 Å². The first kappa shape index (κ1) is 12.7. The van der Waals surface area contributed by atoms with Crippen LogP contribution in [0.5, 0.6) is 17.2 Å². The molecule has 2 aromatic carbocycles. The van der Waals surface area contributed by atoms with Gasteiger partial charge < -0.3 is 15.2 Å². The first-order chi connectivity index (χ1) is 9.10. The van der Waals surface area contributed by atoms with Gasteiger partial charge in [-0.2, -0.15) is 0 Å². The van der Waals surface area contributed by atoms with Crippen molar-refractivity contribution in [3.63, 3.8) is 0 Å². The van der Waals surface area contributed by atoms with Crippen LogP contribution in [0.4, 0.5) is 11.4 Å². The molecule has 0 aliphatic carbocycles. The zero-order chi connectivity index (χ0) is 13.8. The second-order valence-electron chi connectivity index (χ2n) is 3.77. The van der Waals surface area contributed by atoms with Gasteiger partial charge in [0.15, 0.2) is 11.5 Å². The van der Waals surface area contributed by atoms with E-state index in [1.54, 1.807) is 24.3 Å². The third kappa shape index (κ3) is 2.92. The van der Waals surface area contributed by atoms with Crippen molar-refractivity contribution in [3.05, 3.63) is 52.6 Å². The van der Waals surface area contributed by atoms with Crippen molar-refractivity contribution in [1.29, 1.82) is 0 Å². The standard InChI is InChI=1S/C13H12N2O4/c1-18-12-4-2-3-5-13(12)19-11-7-9(14)6-10(8-11)15(16)17/h2-8H,14H2,1H3. The van der Waals surface area contributed by atoms with Gasteiger partial charge in [-0.3, -0.25) is 10.1 Å². The van der Waals surface area contributed by atoms with Crippen molar-refractivity contribution >= 4 is 11.4 Å². The molecule has 0 heterocycles. The summed E-state index contributed by atoms with van der Waals surface area (Å²) in [5.41, 5.74) is 5.75. The number of anilines is 1. The molecule has 0 aliphatic rings. The predicted octanol–water partition coefficient (Wildman–Crippen LogP) is 2.98. The van der Waals surface area contributed by atoms with Crippen LogP contribution in [0.25, 0.3) is 0 Å². The Morgan fingerprint density at radius 2 is 1.84 bits per heavy atom. The van der Waals surface area contributed by atoms with Crippen LogP contribution in [-0.2, 0) is 0 Å². The van der Waals surface area contributed by atoms with Crippen LogP contribution >= 0.6 is 0 Å². The van der Waals surface area contributed by atoms with E-state index < -0.39 is 4.92 Å². The number of rotatable bonds is 4. The molecule has 6 heteroatoms. The van der Waals surface area contributed by atoms with Crippen molar-refractivity contribution in [2.45, 2.75) is 0 Å². The number of nitrogens with two attached hydrogens (primary N) is 1. The minimum absolute atomic E-state index is 0.120. The lowest BCUT2D eigenvalue weighted by Crippen LogP contribution is -1.94. The molecule has 2 rings (SSSR count). The molecule has 98 valence electrons. The Balaban J connectivity index is 2.35. The highest BCUT2D eigenvalue weighted by Gasteiger charge is 2.11. The zero-order valence-electron chi connectivity index (χ0n) is 10.2. The summed E-state index contributed by atoms with van der Waals surface area (Å²) in [4.78, 5) is 10.2. The Morgan fingerprint density at radius 3 is 2.47 bits per heavy atom. The maximum Gasteiger partial charge on any atom is 0.275 e. The summed E-state index contributed by atoms with van der Waals surface area (Å²) in [5.74, 6) is 1.29. The lowest BCUT2D eigenvalue weighted by molar-refractivity contribution is -0.384. The fourth-order valence-electron chi connectivity index (χ4n) is 1.60. The van der Waals surface area contributed by atoms with Crippen LogP contribution in [0.1, 0.15) is 0 Å². The molecule has 0 bridgehead atoms. The number of nitro groups is 1. The summed E-state index contributed by atoms with van der Waals surface area (Å²) in [7, 11) is 1.52. The van der Waals surface area contributed by atoms with Crippen LogP contribution < -0.4 is 15.2 Å². The quantitative estimate of drug-likeness (QED) is 0.518. The number of para-hydroxylation sites is 2. The van der Waals surface area contributed by atoms with Gasteiger partial charge in [-0.05, 0) is 12.1 Å². The molecule has 19 heavy (non-hydrogen) atoms. The lowest BCUT2D eigenvalue weighted by atomic mass is 10.2. The smallest absolute Gasteiger partial charge is 0.275 e. The zero-order valence-corrected chi connectivity index (χ0v) is 10.2. The van der Waals surface area contributed by atoms with Crippen LogP contribution in [0.15, 0.2) is 42.5 Å². The van der Waals surface area contributed by atoms with E-state index in [4.69, 9.17) is 15.2 Å². The normalized spacial score (nSPS) is 9.95. The first-order valence-corrected chi connectivity index (χ1v) is 5.46. The number of hydrogen-bond donors (Lipinski definition) is 1. The third-order valence-electron chi connectivity index (χ3n) is 2.42.